The van der Waals surface area contributed by atoms with E-state index in [1.807, 2.05) is 23.8 Å². The van der Waals surface area contributed by atoms with Gasteiger partial charge in [0.2, 0.25) is 5.91 Å². The van der Waals surface area contributed by atoms with Crippen LogP contribution in [0.4, 0.5) is 0 Å². The minimum atomic E-state index is -0.261. The van der Waals surface area contributed by atoms with Crippen LogP contribution in [0.15, 0.2) is 0 Å². The zero-order valence-corrected chi connectivity index (χ0v) is 9.95. The summed E-state index contributed by atoms with van der Waals surface area (Å²) in [6, 6.07) is 1.82. The maximum Gasteiger partial charge on any atom is 0.241 e. The van der Waals surface area contributed by atoms with Gasteiger partial charge in [0.25, 0.3) is 0 Å². The van der Waals surface area contributed by atoms with Crippen LogP contribution in [0.3, 0.4) is 0 Å². The lowest BCUT2D eigenvalue weighted by Crippen LogP contribution is -2.65. The second-order valence-corrected chi connectivity index (χ2v) is 4.69. The van der Waals surface area contributed by atoms with E-state index in [0.717, 1.165) is 6.54 Å². The standard InChI is InChI=1S/C11H19N3O/c1-5-14-10(15)9(6-7-12)13(4)8-11(14,2)3/h9H,5-6,8H2,1-4H3. The van der Waals surface area contributed by atoms with E-state index in [0.29, 0.717) is 6.54 Å². The average molecular weight is 209 g/mol. The number of likely N-dealkylation sites (N-methyl/N-ethyl adjacent to an activating group) is 2. The second-order valence-electron chi connectivity index (χ2n) is 4.69. The van der Waals surface area contributed by atoms with Gasteiger partial charge in [-0.05, 0) is 27.8 Å². The first-order valence-corrected chi connectivity index (χ1v) is 5.32. The second kappa shape index (κ2) is 4.19. The molecule has 0 aromatic carbocycles. The van der Waals surface area contributed by atoms with Crippen molar-refractivity contribution in [2.24, 2.45) is 0 Å². The van der Waals surface area contributed by atoms with Gasteiger partial charge in [-0.15, -0.1) is 0 Å². The van der Waals surface area contributed by atoms with Crippen molar-refractivity contribution in [3.05, 3.63) is 0 Å². The highest BCUT2D eigenvalue weighted by atomic mass is 16.2. The van der Waals surface area contributed by atoms with Crippen molar-refractivity contribution in [3.8, 4) is 6.07 Å². The number of carbonyl (C=O) groups is 1. The van der Waals surface area contributed by atoms with Gasteiger partial charge in [0.15, 0.2) is 0 Å². The Balaban J connectivity index is 2.91. The van der Waals surface area contributed by atoms with Crippen molar-refractivity contribution in [1.82, 2.24) is 9.80 Å². The normalized spacial score (nSPS) is 26.5. The quantitative estimate of drug-likeness (QED) is 0.677. The number of carbonyl (C=O) groups excluding carboxylic acids is 1. The maximum atomic E-state index is 12.1. The van der Waals surface area contributed by atoms with Crippen LogP contribution >= 0.6 is 0 Å². The molecule has 0 N–H and O–H groups in total. The molecule has 1 aliphatic rings. The molecule has 1 amide bonds. The van der Waals surface area contributed by atoms with Crippen molar-refractivity contribution in [3.63, 3.8) is 0 Å². The zero-order valence-electron chi connectivity index (χ0n) is 9.95. The lowest BCUT2D eigenvalue weighted by molar-refractivity contribution is -0.149. The van der Waals surface area contributed by atoms with Gasteiger partial charge in [-0.1, -0.05) is 0 Å². The number of nitriles is 1. The highest BCUT2D eigenvalue weighted by molar-refractivity contribution is 5.83. The number of piperazine rings is 1. The molecule has 1 heterocycles. The topological polar surface area (TPSA) is 47.3 Å². The minimum Gasteiger partial charge on any atom is -0.335 e. The molecule has 15 heavy (non-hydrogen) atoms. The third-order valence-corrected chi connectivity index (χ3v) is 3.05. The number of hydrogen-bond acceptors (Lipinski definition) is 3. The first-order chi connectivity index (χ1) is 6.94. The SMILES string of the molecule is CCN1C(=O)C(CC#N)N(C)CC1(C)C. The molecule has 0 saturated carbocycles. The lowest BCUT2D eigenvalue weighted by Gasteiger charge is -2.48. The van der Waals surface area contributed by atoms with Crippen LogP contribution in [0, 0.1) is 11.3 Å². The van der Waals surface area contributed by atoms with Gasteiger partial charge in [-0.2, -0.15) is 5.26 Å². The van der Waals surface area contributed by atoms with E-state index >= 15 is 0 Å². The first-order valence-electron chi connectivity index (χ1n) is 5.32. The van der Waals surface area contributed by atoms with E-state index in [2.05, 4.69) is 19.9 Å². The first kappa shape index (κ1) is 12.0. The molecule has 4 heteroatoms. The van der Waals surface area contributed by atoms with Crippen molar-refractivity contribution < 1.29 is 4.79 Å². The summed E-state index contributed by atoms with van der Waals surface area (Å²) in [5.74, 6) is 0.0813. The molecule has 0 aromatic rings. The fourth-order valence-electron chi connectivity index (χ4n) is 2.39. The van der Waals surface area contributed by atoms with Crippen molar-refractivity contribution in [2.45, 2.75) is 38.8 Å². The Bertz CT molecular complexity index is 293. The summed E-state index contributed by atoms with van der Waals surface area (Å²) in [6.45, 7) is 7.63. The largest absolute Gasteiger partial charge is 0.335 e. The molecular weight excluding hydrogens is 190 g/mol. The highest BCUT2D eigenvalue weighted by Gasteiger charge is 2.42. The Labute approximate surface area is 91.5 Å². The number of nitrogens with zero attached hydrogens (tertiary/aromatic N) is 3. The van der Waals surface area contributed by atoms with Gasteiger partial charge in [-0.25, -0.2) is 0 Å². The molecule has 1 saturated heterocycles. The number of rotatable bonds is 2. The molecule has 0 bridgehead atoms. The van der Waals surface area contributed by atoms with Gasteiger partial charge in [0.05, 0.1) is 12.5 Å². The summed E-state index contributed by atoms with van der Waals surface area (Å²) in [7, 11) is 1.91. The van der Waals surface area contributed by atoms with Crippen molar-refractivity contribution >= 4 is 5.91 Å². The lowest BCUT2D eigenvalue weighted by atomic mass is 9.94. The van der Waals surface area contributed by atoms with Crippen LogP contribution in [0.2, 0.25) is 0 Å². The molecule has 0 radical (unpaired) electrons. The molecule has 0 aromatic heterocycles. The van der Waals surface area contributed by atoms with E-state index in [-0.39, 0.29) is 23.9 Å². The average Bonchev–Trinajstić information content (AvgIpc) is 2.11. The van der Waals surface area contributed by atoms with E-state index in [1.165, 1.54) is 0 Å². The summed E-state index contributed by atoms with van der Waals surface area (Å²) in [4.78, 5) is 16.0. The van der Waals surface area contributed by atoms with Crippen LogP contribution in [0.25, 0.3) is 0 Å². The monoisotopic (exact) mass is 209 g/mol. The van der Waals surface area contributed by atoms with Crippen LogP contribution in [0.5, 0.6) is 0 Å². The van der Waals surface area contributed by atoms with Crippen molar-refractivity contribution in [2.75, 3.05) is 20.1 Å². The molecule has 4 nitrogen and oxygen atoms in total. The van der Waals surface area contributed by atoms with E-state index < -0.39 is 0 Å². The van der Waals surface area contributed by atoms with E-state index in [9.17, 15) is 4.79 Å². The molecule has 1 rings (SSSR count). The van der Waals surface area contributed by atoms with Gasteiger partial charge < -0.3 is 4.90 Å². The zero-order chi connectivity index (χ0) is 11.6. The summed E-state index contributed by atoms with van der Waals surface area (Å²) in [6.07, 6.45) is 0.280. The summed E-state index contributed by atoms with van der Waals surface area (Å²) < 4.78 is 0. The predicted molar refractivity (Wildman–Crippen MR) is 58.1 cm³/mol. The molecule has 1 atom stereocenters. The van der Waals surface area contributed by atoms with Crippen LogP contribution < -0.4 is 0 Å². The number of hydrogen-bond donors (Lipinski definition) is 0. The summed E-state index contributed by atoms with van der Waals surface area (Å²) >= 11 is 0. The third-order valence-electron chi connectivity index (χ3n) is 3.05. The van der Waals surface area contributed by atoms with E-state index in [1.54, 1.807) is 0 Å². The summed E-state index contributed by atoms with van der Waals surface area (Å²) in [5, 5.41) is 8.70. The van der Waals surface area contributed by atoms with Crippen LogP contribution in [0.1, 0.15) is 27.2 Å². The summed E-state index contributed by atoms with van der Waals surface area (Å²) in [5.41, 5.74) is -0.132. The fraction of sp³-hybridized carbons (Fsp3) is 0.818. The van der Waals surface area contributed by atoms with Gasteiger partial charge in [-0.3, -0.25) is 9.69 Å². The number of amides is 1. The Hall–Kier alpha value is -1.08. The molecule has 84 valence electrons. The Morgan fingerprint density at radius 1 is 1.60 bits per heavy atom. The smallest absolute Gasteiger partial charge is 0.241 e. The molecular formula is C11H19N3O. The van der Waals surface area contributed by atoms with E-state index in [4.69, 9.17) is 5.26 Å². The minimum absolute atomic E-state index is 0.0813. The van der Waals surface area contributed by atoms with Crippen LogP contribution in [-0.2, 0) is 4.79 Å². The molecule has 1 aliphatic heterocycles. The Morgan fingerprint density at radius 3 is 2.67 bits per heavy atom. The maximum absolute atomic E-state index is 12.1. The molecule has 1 fully saturated rings. The highest BCUT2D eigenvalue weighted by Crippen LogP contribution is 2.25. The van der Waals surface area contributed by atoms with Crippen LogP contribution in [-0.4, -0.2) is 47.4 Å². The van der Waals surface area contributed by atoms with Crippen molar-refractivity contribution in [1.29, 1.82) is 5.26 Å². The Morgan fingerprint density at radius 2 is 2.20 bits per heavy atom. The molecule has 0 aliphatic carbocycles. The van der Waals surface area contributed by atoms with Gasteiger partial charge >= 0.3 is 0 Å². The third kappa shape index (κ3) is 2.13. The van der Waals surface area contributed by atoms with Gasteiger partial charge in [0, 0.05) is 18.6 Å². The van der Waals surface area contributed by atoms with Gasteiger partial charge in [0.1, 0.15) is 6.04 Å². The molecule has 1 unspecified atom stereocenters. The Kier molecular flexibility index (Phi) is 3.35. The predicted octanol–water partition coefficient (Wildman–Crippen LogP) is 0.841. The molecule has 0 spiro atoms. The fourth-order valence-corrected chi connectivity index (χ4v) is 2.39.